The molecule has 110 valence electrons. The molecule has 5 heteroatoms. The van der Waals surface area contributed by atoms with Gasteiger partial charge in [-0.25, -0.2) is 0 Å². The van der Waals surface area contributed by atoms with Crippen molar-refractivity contribution in [1.82, 2.24) is 5.32 Å². The second-order valence-electron chi connectivity index (χ2n) is 3.47. The third kappa shape index (κ3) is 7.78. The van der Waals surface area contributed by atoms with Gasteiger partial charge in [0.1, 0.15) is 0 Å². The van der Waals surface area contributed by atoms with Gasteiger partial charge in [-0.3, -0.25) is 4.79 Å². The Morgan fingerprint density at radius 1 is 1.35 bits per heavy atom. The van der Waals surface area contributed by atoms with Crippen LogP contribution >= 0.6 is 8.30 Å². The number of amides is 1. The standard InChI is InChI=1S/C13H17N2O2P.C2H6/c1-3-17-18(4-2)15-13-7-5-12(6-8-13)9-10-14-11-16;1-2/h2,5-8,11,15H,3,9-10H2,1H3,(H,14,16);1-2H3. The van der Waals surface area contributed by atoms with Gasteiger partial charge in [-0.2, -0.15) is 0 Å². The summed E-state index contributed by atoms with van der Waals surface area (Å²) in [5.41, 5.74) is 4.70. The summed E-state index contributed by atoms with van der Waals surface area (Å²) in [6.07, 6.45) is 6.89. The zero-order chi connectivity index (χ0) is 15.2. The van der Waals surface area contributed by atoms with Crippen LogP contribution in [0.25, 0.3) is 0 Å². The fourth-order valence-electron chi connectivity index (χ4n) is 1.37. The predicted molar refractivity (Wildman–Crippen MR) is 86.6 cm³/mol. The predicted octanol–water partition coefficient (Wildman–Crippen LogP) is 3.35. The minimum Gasteiger partial charge on any atom is -0.358 e. The topological polar surface area (TPSA) is 50.4 Å². The van der Waals surface area contributed by atoms with Crippen molar-refractivity contribution in [2.75, 3.05) is 18.2 Å². The first-order valence-electron chi connectivity index (χ1n) is 6.72. The van der Waals surface area contributed by atoms with Gasteiger partial charge in [-0.1, -0.05) is 26.0 Å². The van der Waals surface area contributed by atoms with E-state index >= 15 is 0 Å². The summed E-state index contributed by atoms with van der Waals surface area (Å²) in [5.74, 6) is 0. The minimum absolute atomic E-state index is 0.596. The number of rotatable bonds is 8. The molecule has 1 aromatic carbocycles. The van der Waals surface area contributed by atoms with Crippen LogP contribution in [0.2, 0.25) is 0 Å². The fraction of sp³-hybridized carbons (Fsp3) is 0.400. The first kappa shape index (κ1) is 18.4. The fourth-order valence-corrected chi connectivity index (χ4v) is 2.21. The van der Waals surface area contributed by atoms with Crippen LogP contribution in [0, 0.1) is 12.1 Å². The van der Waals surface area contributed by atoms with Crippen molar-refractivity contribution in [1.29, 1.82) is 0 Å². The lowest BCUT2D eigenvalue weighted by Gasteiger charge is -2.13. The van der Waals surface area contributed by atoms with Crippen LogP contribution in [0.1, 0.15) is 26.3 Å². The summed E-state index contributed by atoms with van der Waals surface area (Å²) in [6, 6.07) is 7.93. The molecule has 4 nitrogen and oxygen atoms in total. The average molecular weight is 294 g/mol. The Hall–Kier alpha value is -1.56. The molecular weight excluding hydrogens is 271 g/mol. The zero-order valence-electron chi connectivity index (χ0n) is 12.3. The van der Waals surface area contributed by atoms with E-state index in [1.54, 1.807) is 0 Å². The zero-order valence-corrected chi connectivity index (χ0v) is 13.2. The third-order valence-corrected chi connectivity index (χ3v) is 3.41. The van der Waals surface area contributed by atoms with Gasteiger partial charge in [0.05, 0.1) is 6.61 Å². The van der Waals surface area contributed by atoms with E-state index in [4.69, 9.17) is 10.9 Å². The van der Waals surface area contributed by atoms with Crippen LogP contribution in [-0.2, 0) is 15.7 Å². The number of nitrogens with one attached hydrogen (secondary N) is 2. The molecule has 0 aliphatic rings. The van der Waals surface area contributed by atoms with Gasteiger partial charge in [0.15, 0.2) is 0 Å². The van der Waals surface area contributed by atoms with Crippen LogP contribution in [0.5, 0.6) is 0 Å². The van der Waals surface area contributed by atoms with Crippen molar-refractivity contribution in [2.45, 2.75) is 27.2 Å². The van der Waals surface area contributed by atoms with Crippen molar-refractivity contribution in [2.24, 2.45) is 0 Å². The molecule has 1 rings (SSSR count). The molecular formula is C15H23N2O2P. The van der Waals surface area contributed by atoms with Crippen molar-refractivity contribution in [3.8, 4) is 12.1 Å². The highest BCUT2D eigenvalue weighted by Gasteiger charge is 2.04. The first-order valence-corrected chi connectivity index (χ1v) is 7.98. The highest BCUT2D eigenvalue weighted by molar-refractivity contribution is 7.59. The Morgan fingerprint density at radius 2 is 2.00 bits per heavy atom. The van der Waals surface area contributed by atoms with E-state index in [-0.39, 0.29) is 0 Å². The monoisotopic (exact) mass is 294 g/mol. The maximum atomic E-state index is 10.1. The Morgan fingerprint density at radius 3 is 2.50 bits per heavy atom. The van der Waals surface area contributed by atoms with Crippen LogP contribution < -0.4 is 10.4 Å². The van der Waals surface area contributed by atoms with E-state index in [0.29, 0.717) is 19.6 Å². The molecule has 0 saturated heterocycles. The SMILES string of the molecule is C#CP(Nc1ccc(CCNC=O)cc1)OCC.CC. The molecule has 2 N–H and O–H groups in total. The van der Waals surface area contributed by atoms with E-state index in [2.05, 4.69) is 16.1 Å². The summed E-state index contributed by atoms with van der Waals surface area (Å²) in [5, 5.41) is 5.79. The molecule has 1 atom stereocenters. The normalized spacial score (nSPS) is 10.5. The number of hydrogen-bond donors (Lipinski definition) is 2. The number of anilines is 1. The van der Waals surface area contributed by atoms with Gasteiger partial charge in [0.2, 0.25) is 14.7 Å². The molecule has 0 spiro atoms. The molecule has 0 aliphatic heterocycles. The maximum Gasteiger partial charge on any atom is 0.214 e. The van der Waals surface area contributed by atoms with E-state index in [9.17, 15) is 4.79 Å². The van der Waals surface area contributed by atoms with Gasteiger partial charge in [-0.15, -0.1) is 6.42 Å². The molecule has 0 heterocycles. The largest absolute Gasteiger partial charge is 0.358 e. The molecule has 0 fully saturated rings. The second-order valence-corrected chi connectivity index (χ2v) is 4.80. The average Bonchev–Trinajstić information content (AvgIpc) is 2.51. The lowest BCUT2D eigenvalue weighted by Crippen LogP contribution is -2.14. The van der Waals surface area contributed by atoms with Crippen molar-refractivity contribution in [3.05, 3.63) is 29.8 Å². The molecule has 1 amide bonds. The number of terminal acetylenes is 1. The number of benzene rings is 1. The summed E-state index contributed by atoms with van der Waals surface area (Å²) in [6.45, 7) is 7.15. The molecule has 0 aliphatic carbocycles. The quantitative estimate of drug-likeness (QED) is 0.334. The smallest absolute Gasteiger partial charge is 0.214 e. The highest BCUT2D eigenvalue weighted by Crippen LogP contribution is 2.35. The van der Waals surface area contributed by atoms with Crippen LogP contribution in [0.15, 0.2) is 24.3 Å². The van der Waals surface area contributed by atoms with Crippen LogP contribution in [-0.4, -0.2) is 19.6 Å². The number of carbonyl (C=O) groups is 1. The van der Waals surface area contributed by atoms with E-state index in [1.165, 1.54) is 0 Å². The Labute approximate surface area is 123 Å². The van der Waals surface area contributed by atoms with Crippen LogP contribution in [0.3, 0.4) is 0 Å². The van der Waals surface area contributed by atoms with Gasteiger partial charge in [0.25, 0.3) is 0 Å². The molecule has 1 unspecified atom stereocenters. The summed E-state index contributed by atoms with van der Waals surface area (Å²) < 4.78 is 5.37. The maximum absolute atomic E-state index is 10.1. The molecule has 0 saturated carbocycles. The Kier molecular flexibility index (Phi) is 11.5. The van der Waals surface area contributed by atoms with Crippen molar-refractivity contribution in [3.63, 3.8) is 0 Å². The van der Waals surface area contributed by atoms with E-state index in [0.717, 1.165) is 17.7 Å². The Bertz CT molecular complexity index is 401. The van der Waals surface area contributed by atoms with Gasteiger partial charge < -0.3 is 14.9 Å². The summed E-state index contributed by atoms with van der Waals surface area (Å²) >= 11 is 0. The summed E-state index contributed by atoms with van der Waals surface area (Å²) in [7, 11) is -1.04. The lowest BCUT2D eigenvalue weighted by molar-refractivity contribution is -0.109. The van der Waals surface area contributed by atoms with Crippen LogP contribution in [0.4, 0.5) is 5.69 Å². The molecule has 0 bridgehead atoms. The van der Waals surface area contributed by atoms with E-state index in [1.807, 2.05) is 45.0 Å². The van der Waals surface area contributed by atoms with Crippen molar-refractivity contribution >= 4 is 20.4 Å². The van der Waals surface area contributed by atoms with Gasteiger partial charge in [-0.05, 0) is 36.7 Å². The second kappa shape index (κ2) is 12.5. The third-order valence-electron chi connectivity index (χ3n) is 2.20. The Balaban J connectivity index is 0.00000172. The van der Waals surface area contributed by atoms with Gasteiger partial charge >= 0.3 is 0 Å². The van der Waals surface area contributed by atoms with Gasteiger partial charge in [0, 0.05) is 12.2 Å². The molecule has 1 aromatic rings. The number of carbonyl (C=O) groups excluding carboxylic acids is 1. The molecule has 0 radical (unpaired) electrons. The first-order chi connectivity index (χ1) is 9.80. The van der Waals surface area contributed by atoms with E-state index < -0.39 is 8.30 Å². The minimum atomic E-state index is -1.04. The molecule has 20 heavy (non-hydrogen) atoms. The summed E-state index contributed by atoms with van der Waals surface area (Å²) in [4.78, 5) is 10.1. The molecule has 0 aromatic heterocycles. The number of hydrogen-bond acceptors (Lipinski definition) is 3. The highest BCUT2D eigenvalue weighted by atomic mass is 31.2. The van der Waals surface area contributed by atoms with Crippen molar-refractivity contribution < 1.29 is 9.32 Å². The lowest BCUT2D eigenvalue weighted by atomic mass is 10.1.